The van der Waals surface area contributed by atoms with Gasteiger partial charge in [-0.1, -0.05) is 6.58 Å². The third-order valence-corrected chi connectivity index (χ3v) is 3.13. The number of esters is 1. The van der Waals surface area contributed by atoms with Crippen LogP contribution in [0.5, 0.6) is 17.2 Å². The predicted molar refractivity (Wildman–Crippen MR) is 89.0 cm³/mol. The lowest BCUT2D eigenvalue weighted by atomic mass is 10.2. The minimum Gasteiger partial charge on any atom is -0.494 e. The molecule has 0 aliphatic heterocycles. The zero-order valence-electron chi connectivity index (χ0n) is 13.9. The number of benzene rings is 2. The average Bonchev–Trinajstić information content (AvgIpc) is 2.57. The standard InChI is InChI=1S/C19H18F2O4/c1-4-23-15-9-11-17(12-10-15)25-19(20,21)14-5-7-16(8-6-14)24-18(22)13(2)3/h5-12H,2,4H2,1,3H3. The van der Waals surface area contributed by atoms with Gasteiger partial charge in [0.2, 0.25) is 0 Å². The summed E-state index contributed by atoms with van der Waals surface area (Å²) in [5.41, 5.74) is -0.148. The quantitative estimate of drug-likeness (QED) is 0.413. The summed E-state index contributed by atoms with van der Waals surface area (Å²) in [6.07, 6.45) is -3.54. The molecule has 0 spiro atoms. The van der Waals surface area contributed by atoms with Crippen LogP contribution in [0.1, 0.15) is 19.4 Å². The van der Waals surface area contributed by atoms with Crippen molar-refractivity contribution in [3.8, 4) is 17.2 Å². The largest absolute Gasteiger partial charge is 0.494 e. The highest BCUT2D eigenvalue weighted by Crippen LogP contribution is 2.33. The molecule has 0 saturated carbocycles. The Bertz CT molecular complexity index is 737. The lowest BCUT2D eigenvalue weighted by Crippen LogP contribution is -2.21. The highest BCUT2D eigenvalue weighted by atomic mass is 19.3. The van der Waals surface area contributed by atoms with E-state index in [2.05, 4.69) is 6.58 Å². The molecular formula is C19H18F2O4. The van der Waals surface area contributed by atoms with Crippen LogP contribution in [0.25, 0.3) is 0 Å². The van der Waals surface area contributed by atoms with E-state index in [0.29, 0.717) is 12.4 Å². The van der Waals surface area contributed by atoms with Crippen LogP contribution in [-0.2, 0) is 10.9 Å². The lowest BCUT2D eigenvalue weighted by Gasteiger charge is -2.18. The second kappa shape index (κ2) is 7.79. The fourth-order valence-corrected chi connectivity index (χ4v) is 1.89. The molecule has 6 heteroatoms. The molecule has 0 N–H and O–H groups in total. The van der Waals surface area contributed by atoms with Crippen LogP contribution in [0, 0.1) is 0 Å². The van der Waals surface area contributed by atoms with Crippen LogP contribution >= 0.6 is 0 Å². The molecule has 25 heavy (non-hydrogen) atoms. The molecule has 4 nitrogen and oxygen atoms in total. The fourth-order valence-electron chi connectivity index (χ4n) is 1.89. The van der Waals surface area contributed by atoms with E-state index < -0.39 is 12.1 Å². The Kier molecular flexibility index (Phi) is 5.75. The molecule has 0 radical (unpaired) electrons. The number of carbonyl (C=O) groups excluding carboxylic acids is 1. The summed E-state index contributed by atoms with van der Waals surface area (Å²) in [7, 11) is 0. The van der Waals surface area contributed by atoms with Crippen LogP contribution in [0.3, 0.4) is 0 Å². The molecule has 2 rings (SSSR count). The Labute approximate surface area is 144 Å². The van der Waals surface area contributed by atoms with E-state index in [1.165, 1.54) is 31.2 Å². The summed E-state index contributed by atoms with van der Waals surface area (Å²) in [6, 6.07) is 10.7. The number of ether oxygens (including phenoxy) is 3. The molecule has 0 aliphatic carbocycles. The summed E-state index contributed by atoms with van der Waals surface area (Å²) >= 11 is 0. The average molecular weight is 348 g/mol. The number of carbonyl (C=O) groups is 1. The SMILES string of the molecule is C=C(C)C(=O)Oc1ccc(C(F)(F)Oc2ccc(OCC)cc2)cc1. The minimum atomic E-state index is -3.54. The second-order valence-electron chi connectivity index (χ2n) is 5.22. The number of halogens is 2. The van der Waals surface area contributed by atoms with Crippen molar-refractivity contribution in [2.75, 3.05) is 6.61 Å². The lowest BCUT2D eigenvalue weighted by molar-refractivity contribution is -0.185. The van der Waals surface area contributed by atoms with E-state index in [1.807, 2.05) is 6.92 Å². The molecule has 2 aromatic rings. The van der Waals surface area contributed by atoms with Gasteiger partial charge in [0.15, 0.2) is 0 Å². The van der Waals surface area contributed by atoms with Crippen molar-refractivity contribution in [1.82, 2.24) is 0 Å². The summed E-state index contributed by atoms with van der Waals surface area (Å²) in [5.74, 6) is 0.104. The van der Waals surface area contributed by atoms with Gasteiger partial charge in [0.25, 0.3) is 0 Å². The monoisotopic (exact) mass is 348 g/mol. The third kappa shape index (κ3) is 5.04. The molecule has 0 fully saturated rings. The summed E-state index contributed by atoms with van der Waals surface area (Å²) in [6.45, 7) is 7.26. The molecule has 0 bridgehead atoms. The summed E-state index contributed by atoms with van der Waals surface area (Å²) in [4.78, 5) is 11.4. The van der Waals surface area contributed by atoms with Crippen LogP contribution in [0.2, 0.25) is 0 Å². The molecule has 0 heterocycles. The molecular weight excluding hydrogens is 330 g/mol. The number of alkyl halides is 2. The molecule has 0 aromatic heterocycles. The van der Waals surface area contributed by atoms with E-state index in [1.54, 1.807) is 12.1 Å². The first-order chi connectivity index (χ1) is 11.8. The Balaban J connectivity index is 2.08. The maximum atomic E-state index is 14.2. The van der Waals surface area contributed by atoms with E-state index in [-0.39, 0.29) is 22.6 Å². The van der Waals surface area contributed by atoms with E-state index in [9.17, 15) is 13.6 Å². The van der Waals surface area contributed by atoms with Crippen LogP contribution in [-0.4, -0.2) is 12.6 Å². The Morgan fingerprint density at radius 2 is 1.52 bits per heavy atom. The smallest absolute Gasteiger partial charge is 0.426 e. The topological polar surface area (TPSA) is 44.8 Å². The number of hydrogen-bond donors (Lipinski definition) is 0. The zero-order valence-corrected chi connectivity index (χ0v) is 13.9. The van der Waals surface area contributed by atoms with Gasteiger partial charge in [-0.15, -0.1) is 0 Å². The Morgan fingerprint density at radius 3 is 2.04 bits per heavy atom. The Hall–Kier alpha value is -2.89. The van der Waals surface area contributed by atoms with Gasteiger partial charge in [-0.3, -0.25) is 0 Å². The van der Waals surface area contributed by atoms with E-state index in [0.717, 1.165) is 12.1 Å². The first-order valence-corrected chi connectivity index (χ1v) is 7.59. The van der Waals surface area contributed by atoms with Gasteiger partial charge in [0.05, 0.1) is 12.2 Å². The minimum absolute atomic E-state index is 0.00578. The predicted octanol–water partition coefficient (Wildman–Crippen LogP) is 4.70. The molecule has 0 unspecified atom stereocenters. The number of hydrogen-bond acceptors (Lipinski definition) is 4. The maximum Gasteiger partial charge on any atom is 0.426 e. The van der Waals surface area contributed by atoms with Crippen molar-refractivity contribution >= 4 is 5.97 Å². The highest BCUT2D eigenvalue weighted by molar-refractivity contribution is 5.88. The van der Waals surface area contributed by atoms with Crippen molar-refractivity contribution < 1.29 is 27.8 Å². The molecule has 0 amide bonds. The second-order valence-corrected chi connectivity index (χ2v) is 5.22. The fraction of sp³-hybridized carbons (Fsp3) is 0.211. The van der Waals surface area contributed by atoms with Crippen molar-refractivity contribution in [3.63, 3.8) is 0 Å². The van der Waals surface area contributed by atoms with Gasteiger partial charge >= 0.3 is 12.1 Å². The molecule has 0 saturated heterocycles. The van der Waals surface area contributed by atoms with Crippen LogP contribution in [0.4, 0.5) is 8.78 Å². The van der Waals surface area contributed by atoms with Gasteiger partial charge in [-0.05, 0) is 62.4 Å². The van der Waals surface area contributed by atoms with Crippen molar-refractivity contribution in [2.24, 2.45) is 0 Å². The normalized spacial score (nSPS) is 10.9. The molecule has 0 aliphatic rings. The third-order valence-electron chi connectivity index (χ3n) is 3.13. The van der Waals surface area contributed by atoms with Gasteiger partial charge in [0.1, 0.15) is 17.2 Å². The van der Waals surface area contributed by atoms with E-state index >= 15 is 0 Å². The number of rotatable bonds is 7. The summed E-state index contributed by atoms with van der Waals surface area (Å²) in [5, 5.41) is 0. The zero-order chi connectivity index (χ0) is 18.4. The van der Waals surface area contributed by atoms with Gasteiger partial charge in [0, 0.05) is 5.57 Å². The first kappa shape index (κ1) is 18.4. The van der Waals surface area contributed by atoms with E-state index in [4.69, 9.17) is 14.2 Å². The van der Waals surface area contributed by atoms with Crippen LogP contribution in [0.15, 0.2) is 60.7 Å². The van der Waals surface area contributed by atoms with Gasteiger partial charge in [-0.25, -0.2) is 4.79 Å². The van der Waals surface area contributed by atoms with Crippen molar-refractivity contribution in [3.05, 3.63) is 66.2 Å². The summed E-state index contributed by atoms with van der Waals surface area (Å²) < 4.78 is 43.5. The van der Waals surface area contributed by atoms with Crippen LogP contribution < -0.4 is 14.2 Å². The van der Waals surface area contributed by atoms with Crippen molar-refractivity contribution in [1.29, 1.82) is 0 Å². The van der Waals surface area contributed by atoms with Gasteiger partial charge < -0.3 is 14.2 Å². The molecule has 0 atom stereocenters. The Morgan fingerprint density at radius 1 is 1.00 bits per heavy atom. The highest BCUT2D eigenvalue weighted by Gasteiger charge is 2.34. The molecule has 2 aromatic carbocycles. The van der Waals surface area contributed by atoms with Gasteiger partial charge in [-0.2, -0.15) is 8.78 Å². The van der Waals surface area contributed by atoms with Crippen molar-refractivity contribution in [2.45, 2.75) is 20.0 Å². The molecule has 132 valence electrons. The maximum absolute atomic E-state index is 14.2. The first-order valence-electron chi connectivity index (χ1n) is 7.59.